The summed E-state index contributed by atoms with van der Waals surface area (Å²) < 4.78 is 0.495. The molecule has 0 unspecified atom stereocenters. The number of aromatic nitrogens is 1. The molecule has 2 aromatic heterocycles. The number of benzene rings is 2. The van der Waals surface area contributed by atoms with Gasteiger partial charge in [-0.1, -0.05) is 54.1 Å². The van der Waals surface area contributed by atoms with E-state index in [1.807, 2.05) is 30.3 Å². The number of phenols is 1. The van der Waals surface area contributed by atoms with Crippen molar-refractivity contribution in [3.8, 4) is 33.8 Å². The van der Waals surface area contributed by atoms with E-state index in [0.29, 0.717) is 25.7 Å². The van der Waals surface area contributed by atoms with Crippen molar-refractivity contribution in [1.82, 2.24) is 4.98 Å². The second-order valence-electron chi connectivity index (χ2n) is 5.55. The molecule has 0 saturated carbocycles. The van der Waals surface area contributed by atoms with Crippen molar-refractivity contribution >= 4 is 33.2 Å². The minimum Gasteiger partial charge on any atom is -0.508 e. The van der Waals surface area contributed by atoms with E-state index in [4.69, 9.17) is 11.6 Å². The molecule has 124 valence electrons. The average Bonchev–Trinajstić information content (AvgIpc) is 2.93. The highest BCUT2D eigenvalue weighted by molar-refractivity contribution is 7.23. The van der Waals surface area contributed by atoms with Gasteiger partial charge in [0.2, 0.25) is 0 Å². The molecule has 0 saturated heterocycles. The SMILES string of the molecule is O=c1[nH]c2sc(Cl)c(-c3ccccc3)c2c(O)c1-c1ccc(O)cc1. The number of rotatable bonds is 2. The highest BCUT2D eigenvalue weighted by atomic mass is 35.5. The van der Waals surface area contributed by atoms with Gasteiger partial charge >= 0.3 is 0 Å². The van der Waals surface area contributed by atoms with Crippen molar-refractivity contribution in [2.75, 3.05) is 0 Å². The van der Waals surface area contributed by atoms with Crippen LogP contribution in [0, 0.1) is 0 Å². The Morgan fingerprint density at radius 2 is 1.52 bits per heavy atom. The number of hydrogen-bond acceptors (Lipinski definition) is 4. The summed E-state index contributed by atoms with van der Waals surface area (Å²) in [7, 11) is 0. The molecule has 0 radical (unpaired) electrons. The molecule has 0 spiro atoms. The number of phenolic OH excluding ortho intramolecular Hbond substituents is 1. The molecular formula is C19H12ClNO3S. The van der Waals surface area contributed by atoms with Crippen molar-refractivity contribution in [1.29, 1.82) is 0 Å². The summed E-state index contributed by atoms with van der Waals surface area (Å²) in [5.74, 6) is -0.0317. The zero-order valence-electron chi connectivity index (χ0n) is 12.8. The van der Waals surface area contributed by atoms with Gasteiger partial charge in [0.25, 0.3) is 5.56 Å². The van der Waals surface area contributed by atoms with Crippen LogP contribution in [0.4, 0.5) is 0 Å². The monoisotopic (exact) mass is 369 g/mol. The van der Waals surface area contributed by atoms with Gasteiger partial charge in [-0.05, 0) is 23.3 Å². The Morgan fingerprint density at radius 1 is 0.880 bits per heavy atom. The van der Waals surface area contributed by atoms with E-state index in [1.54, 1.807) is 12.1 Å². The maximum absolute atomic E-state index is 12.5. The molecule has 3 N–H and O–H groups in total. The van der Waals surface area contributed by atoms with Crippen LogP contribution in [0.5, 0.6) is 11.5 Å². The molecule has 0 fully saturated rings. The Hall–Kier alpha value is -2.76. The summed E-state index contributed by atoms with van der Waals surface area (Å²) in [4.78, 5) is 15.8. The maximum atomic E-state index is 12.5. The Labute approximate surface area is 151 Å². The van der Waals surface area contributed by atoms with Gasteiger partial charge in [-0.2, -0.15) is 0 Å². The van der Waals surface area contributed by atoms with Gasteiger partial charge in [-0.3, -0.25) is 4.79 Å². The zero-order chi connectivity index (χ0) is 17.6. The number of aromatic hydroxyl groups is 2. The third-order valence-corrected chi connectivity index (χ3v) is 5.33. The summed E-state index contributed by atoms with van der Waals surface area (Å²) in [5, 5.41) is 20.8. The summed E-state index contributed by atoms with van der Waals surface area (Å²) in [5.41, 5.74) is 1.81. The maximum Gasteiger partial charge on any atom is 0.260 e. The number of aromatic amines is 1. The summed E-state index contributed by atoms with van der Waals surface area (Å²) >= 11 is 7.62. The largest absolute Gasteiger partial charge is 0.508 e. The lowest BCUT2D eigenvalue weighted by Gasteiger charge is -2.08. The molecule has 4 aromatic rings. The van der Waals surface area contributed by atoms with Crippen LogP contribution in [0.3, 0.4) is 0 Å². The van der Waals surface area contributed by atoms with Gasteiger partial charge in [-0.25, -0.2) is 0 Å². The number of H-pyrrole nitrogens is 1. The highest BCUT2D eigenvalue weighted by Crippen LogP contribution is 2.46. The van der Waals surface area contributed by atoms with Gasteiger partial charge in [0, 0.05) is 5.56 Å². The molecule has 25 heavy (non-hydrogen) atoms. The minimum atomic E-state index is -0.409. The van der Waals surface area contributed by atoms with Crippen LogP contribution in [0.1, 0.15) is 0 Å². The van der Waals surface area contributed by atoms with Crippen molar-refractivity contribution in [2.45, 2.75) is 0 Å². The summed E-state index contributed by atoms with van der Waals surface area (Å²) in [6.07, 6.45) is 0. The second kappa shape index (κ2) is 5.95. The van der Waals surface area contributed by atoms with E-state index in [0.717, 1.165) is 5.56 Å². The Balaban J connectivity index is 2.07. The third kappa shape index (κ3) is 2.58. The van der Waals surface area contributed by atoms with Crippen LogP contribution >= 0.6 is 22.9 Å². The molecule has 0 aliphatic carbocycles. The van der Waals surface area contributed by atoms with Crippen LogP contribution in [0.25, 0.3) is 32.5 Å². The predicted molar refractivity (Wildman–Crippen MR) is 102 cm³/mol. The molecule has 2 heterocycles. The number of nitrogens with one attached hydrogen (secondary N) is 1. The van der Waals surface area contributed by atoms with Crippen LogP contribution in [-0.4, -0.2) is 15.2 Å². The van der Waals surface area contributed by atoms with E-state index in [-0.39, 0.29) is 17.1 Å². The van der Waals surface area contributed by atoms with Crippen LogP contribution in [0.15, 0.2) is 59.4 Å². The Bertz CT molecular complexity index is 1130. The quantitative estimate of drug-likeness (QED) is 0.466. The molecule has 0 atom stereocenters. The zero-order valence-corrected chi connectivity index (χ0v) is 14.4. The third-order valence-electron chi connectivity index (χ3n) is 4.01. The first-order valence-corrected chi connectivity index (χ1v) is 8.68. The Kier molecular flexibility index (Phi) is 3.75. The fraction of sp³-hybridized carbons (Fsp3) is 0. The molecule has 0 aliphatic rings. The van der Waals surface area contributed by atoms with Gasteiger partial charge in [-0.15, -0.1) is 11.3 Å². The van der Waals surface area contributed by atoms with Crippen molar-refractivity contribution in [3.05, 3.63) is 69.3 Å². The molecule has 0 amide bonds. The first kappa shape index (κ1) is 15.7. The van der Waals surface area contributed by atoms with Gasteiger partial charge < -0.3 is 15.2 Å². The van der Waals surface area contributed by atoms with E-state index in [9.17, 15) is 15.0 Å². The number of thiophene rings is 1. The van der Waals surface area contributed by atoms with Crippen molar-refractivity contribution < 1.29 is 10.2 Å². The predicted octanol–water partition coefficient (Wildman–Crippen LogP) is 4.99. The van der Waals surface area contributed by atoms with Crippen molar-refractivity contribution in [3.63, 3.8) is 0 Å². The lowest BCUT2D eigenvalue weighted by Crippen LogP contribution is -2.08. The second-order valence-corrected chi connectivity index (χ2v) is 7.17. The fourth-order valence-corrected chi connectivity index (χ4v) is 4.25. The topological polar surface area (TPSA) is 73.3 Å². The van der Waals surface area contributed by atoms with E-state index in [2.05, 4.69) is 4.98 Å². The van der Waals surface area contributed by atoms with Crippen molar-refractivity contribution in [2.24, 2.45) is 0 Å². The molecule has 4 nitrogen and oxygen atoms in total. The summed E-state index contributed by atoms with van der Waals surface area (Å²) in [6.45, 7) is 0. The molecule has 2 aromatic carbocycles. The Morgan fingerprint density at radius 3 is 2.20 bits per heavy atom. The standard InChI is InChI=1S/C19H12ClNO3S/c20-17-13(10-4-2-1-3-5-10)15-16(23)14(18(24)21-19(15)25-17)11-6-8-12(22)9-7-11/h1-9,22H,(H2,21,23,24). The molecular weight excluding hydrogens is 358 g/mol. The lowest BCUT2D eigenvalue weighted by atomic mass is 10.0. The smallest absolute Gasteiger partial charge is 0.260 e. The number of fused-ring (bicyclic) bond motifs is 1. The summed E-state index contributed by atoms with van der Waals surface area (Å²) in [6, 6.07) is 15.6. The number of pyridine rings is 1. The number of halogens is 1. The number of hydrogen-bond donors (Lipinski definition) is 3. The van der Waals surface area contributed by atoms with Crippen LogP contribution in [-0.2, 0) is 0 Å². The first-order valence-electron chi connectivity index (χ1n) is 7.48. The lowest BCUT2D eigenvalue weighted by molar-refractivity contribution is 0.475. The molecule has 4 rings (SSSR count). The molecule has 0 bridgehead atoms. The first-order chi connectivity index (χ1) is 12.1. The van der Waals surface area contributed by atoms with E-state index < -0.39 is 5.56 Å². The van der Waals surface area contributed by atoms with Gasteiger partial charge in [0.05, 0.1) is 10.9 Å². The van der Waals surface area contributed by atoms with Gasteiger partial charge in [0.1, 0.15) is 20.7 Å². The van der Waals surface area contributed by atoms with Crippen LogP contribution in [0.2, 0.25) is 4.34 Å². The average molecular weight is 370 g/mol. The molecule has 0 aliphatic heterocycles. The minimum absolute atomic E-state index is 0.0873. The highest BCUT2D eigenvalue weighted by Gasteiger charge is 2.21. The van der Waals surface area contributed by atoms with Gasteiger partial charge in [0.15, 0.2) is 0 Å². The van der Waals surface area contributed by atoms with E-state index >= 15 is 0 Å². The normalized spacial score (nSPS) is 11.1. The van der Waals surface area contributed by atoms with Crippen LogP contribution < -0.4 is 5.56 Å². The fourth-order valence-electron chi connectivity index (χ4n) is 2.87. The van der Waals surface area contributed by atoms with E-state index in [1.165, 1.54) is 23.5 Å². The molecule has 6 heteroatoms.